The Kier molecular flexibility index (Phi) is 2.68. The summed E-state index contributed by atoms with van der Waals surface area (Å²) in [5, 5.41) is 0. The molecule has 0 spiro atoms. The van der Waals surface area contributed by atoms with E-state index < -0.39 is 0 Å². The number of aryl methyl sites for hydroxylation is 2. The molecule has 2 aromatic heterocycles. The molecule has 0 aromatic carbocycles. The van der Waals surface area contributed by atoms with Crippen molar-refractivity contribution < 1.29 is 0 Å². The molecule has 0 fully saturated rings. The van der Waals surface area contributed by atoms with Gasteiger partial charge >= 0.3 is 0 Å². The average Bonchev–Trinajstić information content (AvgIpc) is 2.61. The second-order valence-electron chi connectivity index (χ2n) is 3.74. The fourth-order valence-corrected chi connectivity index (χ4v) is 1.84. The molecule has 4 heteroatoms. The van der Waals surface area contributed by atoms with Gasteiger partial charge in [-0.05, 0) is 12.5 Å². The molecule has 2 heterocycles. The van der Waals surface area contributed by atoms with Gasteiger partial charge in [0.1, 0.15) is 0 Å². The van der Waals surface area contributed by atoms with Crippen LogP contribution in [0.4, 0.5) is 0 Å². The van der Waals surface area contributed by atoms with Crippen molar-refractivity contribution in [3.05, 3.63) is 23.8 Å². The standard InChI is InChI=1S/C11H16N4/c1-3-4-9-11-10(13-7-15(11)2)5-8(6-12)14-9/h5,7H,3-4,6,12H2,1-2H3. The lowest BCUT2D eigenvalue weighted by Crippen LogP contribution is -2.04. The Balaban J connectivity index is 2.66. The number of nitrogens with two attached hydrogens (primary N) is 1. The molecule has 0 radical (unpaired) electrons. The highest BCUT2D eigenvalue weighted by Gasteiger charge is 2.08. The van der Waals surface area contributed by atoms with E-state index in [9.17, 15) is 0 Å². The predicted molar refractivity (Wildman–Crippen MR) is 60.4 cm³/mol. The van der Waals surface area contributed by atoms with Gasteiger partial charge in [0, 0.05) is 13.6 Å². The van der Waals surface area contributed by atoms with Crippen LogP contribution >= 0.6 is 0 Å². The van der Waals surface area contributed by atoms with E-state index in [1.807, 2.05) is 24.0 Å². The van der Waals surface area contributed by atoms with Crippen LogP contribution in [0.2, 0.25) is 0 Å². The summed E-state index contributed by atoms with van der Waals surface area (Å²) in [5.74, 6) is 0. The van der Waals surface area contributed by atoms with Gasteiger partial charge in [-0.1, -0.05) is 13.3 Å². The summed E-state index contributed by atoms with van der Waals surface area (Å²) >= 11 is 0. The van der Waals surface area contributed by atoms with Crippen molar-refractivity contribution in [1.29, 1.82) is 0 Å². The smallest absolute Gasteiger partial charge is 0.0956 e. The number of rotatable bonds is 3. The zero-order chi connectivity index (χ0) is 10.8. The Morgan fingerprint density at radius 2 is 2.27 bits per heavy atom. The molecule has 0 aliphatic rings. The van der Waals surface area contributed by atoms with Crippen molar-refractivity contribution in [3.8, 4) is 0 Å². The van der Waals surface area contributed by atoms with E-state index >= 15 is 0 Å². The highest BCUT2D eigenvalue weighted by atomic mass is 15.0. The summed E-state index contributed by atoms with van der Waals surface area (Å²) in [7, 11) is 2.00. The fraction of sp³-hybridized carbons (Fsp3) is 0.455. The van der Waals surface area contributed by atoms with Gasteiger partial charge in [0.2, 0.25) is 0 Å². The van der Waals surface area contributed by atoms with Crippen LogP contribution in [0.15, 0.2) is 12.4 Å². The molecule has 80 valence electrons. The number of aromatic nitrogens is 3. The fourth-order valence-electron chi connectivity index (χ4n) is 1.84. The minimum absolute atomic E-state index is 0.475. The lowest BCUT2D eigenvalue weighted by molar-refractivity contribution is 0.849. The van der Waals surface area contributed by atoms with Crippen LogP contribution in [0.5, 0.6) is 0 Å². The summed E-state index contributed by atoms with van der Waals surface area (Å²) in [6.07, 6.45) is 3.89. The Morgan fingerprint density at radius 3 is 2.93 bits per heavy atom. The first kappa shape index (κ1) is 10.1. The van der Waals surface area contributed by atoms with Crippen LogP contribution in [-0.4, -0.2) is 14.5 Å². The molecule has 15 heavy (non-hydrogen) atoms. The lowest BCUT2D eigenvalue weighted by atomic mass is 10.2. The third kappa shape index (κ3) is 1.72. The van der Waals surface area contributed by atoms with Crippen LogP contribution < -0.4 is 5.73 Å². The third-order valence-corrected chi connectivity index (χ3v) is 2.52. The molecule has 0 aliphatic heterocycles. The minimum atomic E-state index is 0.475. The van der Waals surface area contributed by atoms with Gasteiger partial charge in [0.25, 0.3) is 0 Å². The number of nitrogens with zero attached hydrogens (tertiary/aromatic N) is 3. The van der Waals surface area contributed by atoms with Crippen molar-refractivity contribution in [1.82, 2.24) is 14.5 Å². The number of pyridine rings is 1. The number of fused-ring (bicyclic) bond motifs is 1. The highest BCUT2D eigenvalue weighted by molar-refractivity contribution is 5.78. The molecule has 0 saturated heterocycles. The Hall–Kier alpha value is -1.42. The van der Waals surface area contributed by atoms with E-state index in [1.165, 1.54) is 0 Å². The lowest BCUT2D eigenvalue weighted by Gasteiger charge is -2.05. The van der Waals surface area contributed by atoms with Crippen molar-refractivity contribution in [2.24, 2.45) is 12.8 Å². The maximum Gasteiger partial charge on any atom is 0.0956 e. The van der Waals surface area contributed by atoms with Crippen molar-refractivity contribution >= 4 is 11.0 Å². The van der Waals surface area contributed by atoms with Gasteiger partial charge in [-0.2, -0.15) is 0 Å². The molecule has 0 saturated carbocycles. The maximum atomic E-state index is 5.62. The number of imidazole rings is 1. The first-order valence-corrected chi connectivity index (χ1v) is 5.26. The Bertz CT molecular complexity index is 473. The first-order valence-electron chi connectivity index (χ1n) is 5.26. The van der Waals surface area contributed by atoms with Gasteiger partial charge in [-0.15, -0.1) is 0 Å². The van der Waals surface area contributed by atoms with Crippen LogP contribution in [0, 0.1) is 0 Å². The molecule has 0 bridgehead atoms. The van der Waals surface area contributed by atoms with Crippen molar-refractivity contribution in [3.63, 3.8) is 0 Å². The van der Waals surface area contributed by atoms with E-state index in [2.05, 4.69) is 16.9 Å². The molecule has 0 aliphatic carbocycles. The molecular formula is C11H16N4. The largest absolute Gasteiger partial charge is 0.332 e. The summed E-state index contributed by atoms with van der Waals surface area (Å²) < 4.78 is 2.02. The molecule has 2 aromatic rings. The van der Waals surface area contributed by atoms with E-state index in [0.29, 0.717) is 6.54 Å². The zero-order valence-corrected chi connectivity index (χ0v) is 9.20. The first-order chi connectivity index (χ1) is 7.26. The number of hydrogen-bond donors (Lipinski definition) is 1. The van der Waals surface area contributed by atoms with E-state index in [4.69, 9.17) is 5.73 Å². The zero-order valence-electron chi connectivity index (χ0n) is 9.20. The number of hydrogen-bond acceptors (Lipinski definition) is 3. The molecule has 0 unspecified atom stereocenters. The van der Waals surface area contributed by atoms with E-state index in [-0.39, 0.29) is 0 Å². The third-order valence-electron chi connectivity index (χ3n) is 2.52. The molecule has 4 nitrogen and oxygen atoms in total. The normalized spacial score (nSPS) is 11.1. The molecule has 0 amide bonds. The summed E-state index contributed by atoms with van der Waals surface area (Å²) in [5.41, 5.74) is 9.77. The molecule has 2 N–H and O–H groups in total. The van der Waals surface area contributed by atoms with Gasteiger partial charge < -0.3 is 10.3 Å². The summed E-state index contributed by atoms with van der Waals surface area (Å²) in [6.45, 7) is 2.63. The minimum Gasteiger partial charge on any atom is -0.332 e. The van der Waals surface area contributed by atoms with Gasteiger partial charge in [-0.3, -0.25) is 4.98 Å². The molecular weight excluding hydrogens is 188 g/mol. The van der Waals surface area contributed by atoms with E-state index in [1.54, 1.807) is 0 Å². The summed E-state index contributed by atoms with van der Waals surface area (Å²) in [6, 6.07) is 1.97. The van der Waals surface area contributed by atoms with Gasteiger partial charge in [0.15, 0.2) is 0 Å². The Morgan fingerprint density at radius 1 is 1.47 bits per heavy atom. The molecule has 0 atom stereocenters. The van der Waals surface area contributed by atoms with Gasteiger partial charge in [-0.25, -0.2) is 4.98 Å². The van der Waals surface area contributed by atoms with Crippen LogP contribution in [0.3, 0.4) is 0 Å². The van der Waals surface area contributed by atoms with Crippen LogP contribution in [0.25, 0.3) is 11.0 Å². The average molecular weight is 204 g/mol. The monoisotopic (exact) mass is 204 g/mol. The van der Waals surface area contributed by atoms with Crippen molar-refractivity contribution in [2.45, 2.75) is 26.3 Å². The quantitative estimate of drug-likeness (QED) is 0.821. The molecule has 2 rings (SSSR count). The second kappa shape index (κ2) is 3.98. The van der Waals surface area contributed by atoms with Crippen LogP contribution in [-0.2, 0) is 20.0 Å². The van der Waals surface area contributed by atoms with Crippen molar-refractivity contribution in [2.75, 3.05) is 0 Å². The maximum absolute atomic E-state index is 5.62. The predicted octanol–water partition coefficient (Wildman–Crippen LogP) is 1.38. The van der Waals surface area contributed by atoms with Crippen LogP contribution in [0.1, 0.15) is 24.7 Å². The SMILES string of the molecule is CCCc1nc(CN)cc2ncn(C)c12. The van der Waals surface area contributed by atoms with E-state index in [0.717, 1.165) is 35.3 Å². The van der Waals surface area contributed by atoms with Gasteiger partial charge in [0.05, 0.1) is 28.7 Å². The second-order valence-corrected chi connectivity index (χ2v) is 3.74. The highest BCUT2D eigenvalue weighted by Crippen LogP contribution is 2.18. The summed E-state index contributed by atoms with van der Waals surface area (Å²) in [4.78, 5) is 8.89. The topological polar surface area (TPSA) is 56.7 Å². The Labute approximate surface area is 89.1 Å².